The van der Waals surface area contributed by atoms with Gasteiger partial charge in [0.15, 0.2) is 0 Å². The second-order valence-corrected chi connectivity index (χ2v) is 6.36. The number of carbonyl (C=O) groups is 1. The highest BCUT2D eigenvalue weighted by Gasteiger charge is 2.44. The molecule has 0 saturated heterocycles. The van der Waals surface area contributed by atoms with Crippen molar-refractivity contribution < 1.29 is 19.4 Å². The molecule has 1 aliphatic rings. The third-order valence-electron chi connectivity index (χ3n) is 4.40. The molecule has 1 N–H and O–H groups in total. The van der Waals surface area contributed by atoms with Gasteiger partial charge >= 0.3 is 5.97 Å². The number of rotatable bonds is 4. The van der Waals surface area contributed by atoms with Crippen LogP contribution in [0.1, 0.15) is 43.2 Å². The lowest BCUT2D eigenvalue weighted by molar-refractivity contribution is -0.145. The molecule has 1 saturated carbocycles. The quantitative estimate of drug-likeness (QED) is 0.883. The lowest BCUT2D eigenvalue weighted by Gasteiger charge is -2.35. The van der Waals surface area contributed by atoms with Crippen LogP contribution in [-0.2, 0) is 10.2 Å². The number of benzene rings is 1. The zero-order valence-corrected chi connectivity index (χ0v) is 14.2. The van der Waals surface area contributed by atoms with Crippen LogP contribution in [0.4, 0.5) is 0 Å². The van der Waals surface area contributed by atoms with Gasteiger partial charge in [-0.05, 0) is 47.3 Å². The van der Waals surface area contributed by atoms with Crippen molar-refractivity contribution in [2.75, 3.05) is 14.2 Å². The van der Waals surface area contributed by atoms with E-state index in [9.17, 15) is 9.90 Å². The average Bonchev–Trinajstić information content (AvgIpc) is 2.47. The standard InChI is InChI=1S/C16H21BrO4/c1-10-9-11(14(21-3)12(17)13(10)20-2)16(15(18)19)7-5-4-6-8-16/h9H,4-8H2,1-3H3,(H,18,19). The molecule has 1 fully saturated rings. The van der Waals surface area contributed by atoms with Gasteiger partial charge in [-0.2, -0.15) is 0 Å². The maximum Gasteiger partial charge on any atom is 0.314 e. The van der Waals surface area contributed by atoms with E-state index in [1.165, 1.54) is 0 Å². The summed E-state index contributed by atoms with van der Waals surface area (Å²) in [5, 5.41) is 9.87. The van der Waals surface area contributed by atoms with Crippen LogP contribution >= 0.6 is 15.9 Å². The van der Waals surface area contributed by atoms with Crippen LogP contribution in [0.3, 0.4) is 0 Å². The topological polar surface area (TPSA) is 55.8 Å². The summed E-state index contributed by atoms with van der Waals surface area (Å²) in [6.07, 6.45) is 4.25. The maximum atomic E-state index is 12.0. The number of aryl methyl sites for hydroxylation is 1. The molecule has 0 spiro atoms. The van der Waals surface area contributed by atoms with Gasteiger partial charge in [0.2, 0.25) is 0 Å². The minimum atomic E-state index is -0.858. The molecule has 0 unspecified atom stereocenters. The van der Waals surface area contributed by atoms with E-state index in [4.69, 9.17) is 9.47 Å². The van der Waals surface area contributed by atoms with Gasteiger partial charge in [0.25, 0.3) is 0 Å². The summed E-state index contributed by atoms with van der Waals surface area (Å²) in [5.74, 6) is 0.491. The highest BCUT2D eigenvalue weighted by atomic mass is 79.9. The number of carboxylic acids is 1. The van der Waals surface area contributed by atoms with E-state index in [0.29, 0.717) is 28.8 Å². The maximum absolute atomic E-state index is 12.0. The molecule has 0 heterocycles. The van der Waals surface area contributed by atoms with Crippen LogP contribution < -0.4 is 9.47 Å². The van der Waals surface area contributed by atoms with Gasteiger partial charge in [-0.25, -0.2) is 0 Å². The molecule has 0 radical (unpaired) electrons. The highest BCUT2D eigenvalue weighted by Crippen LogP contribution is 2.49. The van der Waals surface area contributed by atoms with Crippen molar-refractivity contribution in [3.05, 3.63) is 21.7 Å². The first-order valence-electron chi connectivity index (χ1n) is 7.13. The van der Waals surface area contributed by atoms with E-state index in [0.717, 1.165) is 30.4 Å². The van der Waals surface area contributed by atoms with E-state index in [1.54, 1.807) is 14.2 Å². The number of halogens is 1. The fourth-order valence-corrected chi connectivity index (χ4v) is 4.15. The van der Waals surface area contributed by atoms with Crippen molar-refractivity contribution in [2.24, 2.45) is 0 Å². The first-order valence-corrected chi connectivity index (χ1v) is 7.92. The fourth-order valence-electron chi connectivity index (χ4n) is 3.30. The zero-order chi connectivity index (χ0) is 15.6. The van der Waals surface area contributed by atoms with Crippen LogP contribution in [0.2, 0.25) is 0 Å². The molecule has 4 nitrogen and oxygen atoms in total. The summed E-state index contributed by atoms with van der Waals surface area (Å²) < 4.78 is 11.6. The Bertz CT molecular complexity index is 548. The van der Waals surface area contributed by atoms with Crippen LogP contribution in [0.15, 0.2) is 10.5 Å². The van der Waals surface area contributed by atoms with Crippen molar-refractivity contribution in [3.63, 3.8) is 0 Å². The van der Waals surface area contributed by atoms with Crippen LogP contribution in [-0.4, -0.2) is 25.3 Å². The van der Waals surface area contributed by atoms with Crippen LogP contribution in [0, 0.1) is 6.92 Å². The molecule has 2 rings (SSSR count). The highest BCUT2D eigenvalue weighted by molar-refractivity contribution is 9.10. The monoisotopic (exact) mass is 356 g/mol. The Labute approximate surface area is 133 Å². The van der Waals surface area contributed by atoms with Gasteiger partial charge < -0.3 is 14.6 Å². The minimum absolute atomic E-state index is 0.571. The summed E-state index contributed by atoms with van der Waals surface area (Å²) in [6.45, 7) is 1.92. The Morgan fingerprint density at radius 2 is 1.76 bits per heavy atom. The summed E-state index contributed by atoms with van der Waals surface area (Å²) in [7, 11) is 3.16. The minimum Gasteiger partial charge on any atom is -0.495 e. The molecule has 0 aromatic heterocycles. The number of hydrogen-bond acceptors (Lipinski definition) is 3. The van der Waals surface area contributed by atoms with Gasteiger partial charge in [0.1, 0.15) is 16.0 Å². The van der Waals surface area contributed by atoms with Crippen LogP contribution in [0.5, 0.6) is 11.5 Å². The van der Waals surface area contributed by atoms with E-state index >= 15 is 0 Å². The molecule has 0 aliphatic heterocycles. The molecule has 1 aromatic carbocycles. The van der Waals surface area contributed by atoms with E-state index in [-0.39, 0.29) is 0 Å². The lowest BCUT2D eigenvalue weighted by Crippen LogP contribution is -2.38. The van der Waals surface area contributed by atoms with E-state index in [2.05, 4.69) is 15.9 Å². The van der Waals surface area contributed by atoms with Crippen molar-refractivity contribution in [2.45, 2.75) is 44.4 Å². The Hall–Kier alpha value is -1.23. The first-order chi connectivity index (χ1) is 9.97. The number of aliphatic carboxylic acids is 1. The zero-order valence-electron chi connectivity index (χ0n) is 12.7. The van der Waals surface area contributed by atoms with Gasteiger partial charge in [-0.1, -0.05) is 19.3 Å². The smallest absolute Gasteiger partial charge is 0.314 e. The first kappa shape index (κ1) is 16.1. The summed E-state index contributed by atoms with van der Waals surface area (Å²) >= 11 is 3.50. The molecule has 21 heavy (non-hydrogen) atoms. The number of ether oxygens (including phenoxy) is 2. The molecule has 1 aliphatic carbocycles. The summed E-state index contributed by atoms with van der Waals surface area (Å²) in [5.41, 5.74) is 0.803. The molecular formula is C16H21BrO4. The molecule has 116 valence electrons. The predicted molar refractivity (Wildman–Crippen MR) is 84.4 cm³/mol. The molecule has 0 atom stereocenters. The van der Waals surface area contributed by atoms with Gasteiger partial charge in [0.05, 0.1) is 19.6 Å². The Morgan fingerprint density at radius 3 is 2.24 bits per heavy atom. The average molecular weight is 357 g/mol. The molecule has 1 aromatic rings. The van der Waals surface area contributed by atoms with E-state index < -0.39 is 11.4 Å². The lowest BCUT2D eigenvalue weighted by atomic mass is 9.69. The number of hydrogen-bond donors (Lipinski definition) is 1. The third-order valence-corrected chi connectivity index (χ3v) is 5.12. The Kier molecular flexibility index (Phi) is 4.81. The number of methoxy groups -OCH3 is 2. The van der Waals surface area contributed by atoms with Gasteiger partial charge in [0, 0.05) is 5.56 Å². The fraction of sp³-hybridized carbons (Fsp3) is 0.562. The SMILES string of the molecule is COc1c(C)cc(C2(C(=O)O)CCCCC2)c(OC)c1Br. The summed E-state index contributed by atoms with van der Waals surface area (Å²) in [4.78, 5) is 12.0. The molecule has 5 heteroatoms. The number of carboxylic acid groups (broad SMARTS) is 1. The van der Waals surface area contributed by atoms with Gasteiger partial charge in [-0.3, -0.25) is 4.79 Å². The van der Waals surface area contributed by atoms with Crippen LogP contribution in [0.25, 0.3) is 0 Å². The second-order valence-electron chi connectivity index (χ2n) is 5.57. The van der Waals surface area contributed by atoms with Crippen molar-refractivity contribution in [1.29, 1.82) is 0 Å². The molecular weight excluding hydrogens is 336 g/mol. The largest absolute Gasteiger partial charge is 0.495 e. The molecule has 0 amide bonds. The predicted octanol–water partition coefficient (Wildman–Crippen LogP) is 4.06. The second kappa shape index (κ2) is 6.26. The summed E-state index contributed by atoms with van der Waals surface area (Å²) in [6, 6.07) is 1.90. The normalized spacial score (nSPS) is 17.3. The Balaban J connectivity index is 2.68. The van der Waals surface area contributed by atoms with E-state index in [1.807, 2.05) is 13.0 Å². The van der Waals surface area contributed by atoms with Crippen molar-refractivity contribution in [3.8, 4) is 11.5 Å². The van der Waals surface area contributed by atoms with Crippen molar-refractivity contribution >= 4 is 21.9 Å². The van der Waals surface area contributed by atoms with Crippen molar-refractivity contribution in [1.82, 2.24) is 0 Å². The third kappa shape index (κ3) is 2.63. The van der Waals surface area contributed by atoms with Gasteiger partial charge in [-0.15, -0.1) is 0 Å². The Morgan fingerprint density at radius 1 is 1.19 bits per heavy atom. The molecule has 0 bridgehead atoms.